The molecule has 0 aliphatic rings. The van der Waals surface area contributed by atoms with Gasteiger partial charge in [0, 0.05) is 0 Å². The second kappa shape index (κ2) is 4.08. The molecule has 0 saturated carbocycles. The molecule has 0 bridgehead atoms. The molecule has 0 fully saturated rings. The quantitative estimate of drug-likeness (QED) is 0.279. The topological polar surface area (TPSA) is 26.9 Å². The molecule has 0 aromatic rings. The molecule has 0 aromatic heterocycles. The van der Waals surface area contributed by atoms with Gasteiger partial charge >= 0.3 is 0 Å². The van der Waals surface area contributed by atoms with Crippen molar-refractivity contribution in [2.75, 3.05) is 14.1 Å². The Morgan fingerprint density at radius 1 is 1.40 bits per heavy atom. The van der Waals surface area contributed by atoms with E-state index < -0.39 is 0 Å². The van der Waals surface area contributed by atoms with E-state index in [4.69, 9.17) is 5.53 Å². The zero-order chi connectivity index (χ0) is 3.58. The lowest BCUT2D eigenvalue weighted by Gasteiger charge is -1.60. The monoisotopic (exact) mass is 138 g/mol. The van der Waals surface area contributed by atoms with Crippen molar-refractivity contribution in [2.45, 2.75) is 0 Å². The first-order chi connectivity index (χ1) is 1.73. The fourth-order valence-electron chi connectivity index (χ4n) is 0. The van der Waals surface area contributed by atoms with Gasteiger partial charge in [-0.15, -0.1) is 4.70 Å². The summed E-state index contributed by atoms with van der Waals surface area (Å²) in [5.74, 6) is 0. The highest BCUT2D eigenvalue weighted by atomic mass is 79.9. The molecule has 0 rings (SSSR count). The third-order valence-electron chi connectivity index (χ3n) is 0. The van der Waals surface area contributed by atoms with Crippen molar-refractivity contribution in [1.29, 1.82) is 5.53 Å². The van der Waals surface area contributed by atoms with Gasteiger partial charge in [0.05, 0.1) is 0 Å². The molecule has 1 N–H and O–H groups in total. The number of rotatable bonds is 0. The van der Waals surface area contributed by atoms with Crippen molar-refractivity contribution in [3.05, 3.63) is 0 Å². The number of nitrogens with zero attached hydrogens (tertiary/aromatic N) is 1. The minimum Gasteiger partial charge on any atom is -1.00 e. The summed E-state index contributed by atoms with van der Waals surface area (Å²) < 4.78 is 1.25. The van der Waals surface area contributed by atoms with Gasteiger partial charge in [-0.1, -0.05) is 5.53 Å². The molecule has 0 unspecified atom stereocenters. The molecule has 0 amide bonds. The molecule has 0 heterocycles. The highest BCUT2D eigenvalue weighted by Gasteiger charge is 1.58. The van der Waals surface area contributed by atoms with Crippen LogP contribution in [0.5, 0.6) is 0 Å². The smallest absolute Gasteiger partial charge is 0.157 e. The Balaban J connectivity index is 0. The predicted molar refractivity (Wildman–Crippen MR) is 14.8 cm³/mol. The van der Waals surface area contributed by atoms with E-state index in [2.05, 4.69) is 0 Å². The van der Waals surface area contributed by atoms with Gasteiger partial charge in [-0.2, -0.15) is 0 Å². The summed E-state index contributed by atoms with van der Waals surface area (Å²) in [7, 11) is 3.33. The van der Waals surface area contributed by atoms with E-state index in [1.807, 2.05) is 0 Å². The van der Waals surface area contributed by atoms with Crippen LogP contribution in [-0.2, 0) is 0 Å². The molecule has 0 radical (unpaired) electrons. The summed E-state index contributed by atoms with van der Waals surface area (Å²) in [5.41, 5.74) is 6.42. The summed E-state index contributed by atoms with van der Waals surface area (Å²) in [5, 5.41) is 0. The second-order valence-electron chi connectivity index (χ2n) is 0.894. The van der Waals surface area contributed by atoms with Crippen LogP contribution in [0.3, 0.4) is 0 Å². The first-order valence-electron chi connectivity index (χ1n) is 1.12. The van der Waals surface area contributed by atoms with Gasteiger partial charge in [-0.3, -0.25) is 0 Å². The summed E-state index contributed by atoms with van der Waals surface area (Å²) in [6, 6.07) is 0. The minimum atomic E-state index is 0. The van der Waals surface area contributed by atoms with E-state index in [0.29, 0.717) is 0 Å². The van der Waals surface area contributed by atoms with Crippen LogP contribution in [0, 0.1) is 5.53 Å². The minimum absolute atomic E-state index is 0. The van der Waals surface area contributed by atoms with Crippen LogP contribution in [0.15, 0.2) is 0 Å². The summed E-state index contributed by atoms with van der Waals surface area (Å²) in [6.45, 7) is 0. The van der Waals surface area contributed by atoms with E-state index >= 15 is 0 Å². The fourth-order valence-corrected chi connectivity index (χ4v) is 0. The van der Waals surface area contributed by atoms with Gasteiger partial charge in [0.2, 0.25) is 0 Å². The molecule has 0 aromatic carbocycles. The number of hydrogen-bond acceptors (Lipinski definition) is 1. The first-order valence-corrected chi connectivity index (χ1v) is 1.12. The van der Waals surface area contributed by atoms with E-state index in [9.17, 15) is 0 Å². The van der Waals surface area contributed by atoms with E-state index in [-0.39, 0.29) is 17.0 Å². The molecule has 0 saturated heterocycles. The van der Waals surface area contributed by atoms with Crippen molar-refractivity contribution in [1.82, 2.24) is 0 Å². The van der Waals surface area contributed by atoms with Gasteiger partial charge in [-0.05, 0) is 0 Å². The molecule has 0 aliphatic carbocycles. The summed E-state index contributed by atoms with van der Waals surface area (Å²) in [6.07, 6.45) is 0. The van der Waals surface area contributed by atoms with Crippen molar-refractivity contribution in [3.8, 4) is 0 Å². The van der Waals surface area contributed by atoms with Crippen molar-refractivity contribution in [3.63, 3.8) is 0 Å². The molecule has 0 spiro atoms. The van der Waals surface area contributed by atoms with Crippen molar-refractivity contribution < 1.29 is 21.7 Å². The maximum atomic E-state index is 6.42. The molecular weight excluding hydrogens is 132 g/mol. The molecule has 2 nitrogen and oxygen atoms in total. The van der Waals surface area contributed by atoms with Crippen LogP contribution in [0.2, 0.25) is 0 Å². The average Bonchev–Trinajstić information content (AvgIpc) is 0.811. The fraction of sp³-hybridized carbons (Fsp3) is 1.00. The van der Waals surface area contributed by atoms with E-state index in [1.54, 1.807) is 14.1 Å². The molecule has 3 heteroatoms. The number of nitrogens with one attached hydrogen (secondary N) is 1. The zero-order valence-corrected chi connectivity index (χ0v) is 4.91. The third kappa shape index (κ3) is 2760. The van der Waals surface area contributed by atoms with Gasteiger partial charge in [0.1, 0.15) is 0 Å². The lowest BCUT2D eigenvalue weighted by Crippen LogP contribution is -3.00. The maximum absolute atomic E-state index is 6.42. The summed E-state index contributed by atoms with van der Waals surface area (Å²) in [4.78, 5) is 0. The van der Waals surface area contributed by atoms with Gasteiger partial charge in [0.25, 0.3) is 0 Å². The van der Waals surface area contributed by atoms with Gasteiger partial charge in [-0.25, -0.2) is 0 Å². The Morgan fingerprint density at radius 3 is 1.40 bits per heavy atom. The van der Waals surface area contributed by atoms with Crippen LogP contribution in [-0.4, -0.2) is 18.8 Å². The summed E-state index contributed by atoms with van der Waals surface area (Å²) >= 11 is 0. The largest absolute Gasteiger partial charge is 1.00 e. The van der Waals surface area contributed by atoms with E-state index in [0.717, 1.165) is 0 Å². The lowest BCUT2D eigenvalue weighted by molar-refractivity contribution is -0.559. The van der Waals surface area contributed by atoms with Crippen molar-refractivity contribution in [2.24, 2.45) is 0 Å². The Hall–Kier alpha value is 0.0800. The Labute approximate surface area is 42.1 Å². The third-order valence-corrected chi connectivity index (χ3v) is 0. The van der Waals surface area contributed by atoms with Crippen LogP contribution in [0.25, 0.3) is 0 Å². The normalized spacial score (nSPS) is 5.20. The zero-order valence-electron chi connectivity index (χ0n) is 3.33. The van der Waals surface area contributed by atoms with Crippen LogP contribution < -0.4 is 17.0 Å². The molecular formula is C2H7BrN2. The Morgan fingerprint density at radius 2 is 1.40 bits per heavy atom. The number of halogens is 1. The molecule has 0 atom stereocenters. The SMILES string of the molecule is C[N+](C)=N.[Br-]. The van der Waals surface area contributed by atoms with Crippen LogP contribution in [0.4, 0.5) is 0 Å². The molecule has 5 heavy (non-hydrogen) atoms. The molecule has 32 valence electrons. The van der Waals surface area contributed by atoms with Gasteiger partial charge in [0.15, 0.2) is 14.1 Å². The second-order valence-corrected chi connectivity index (χ2v) is 0.894. The predicted octanol–water partition coefficient (Wildman–Crippen LogP) is -2.71. The average molecular weight is 139 g/mol. The number of hydrogen-bond donors (Lipinski definition) is 1. The highest BCUT2D eigenvalue weighted by molar-refractivity contribution is 3.45. The van der Waals surface area contributed by atoms with Crippen LogP contribution in [0.1, 0.15) is 0 Å². The van der Waals surface area contributed by atoms with Crippen LogP contribution >= 0.6 is 0 Å². The van der Waals surface area contributed by atoms with Crippen molar-refractivity contribution >= 4 is 0 Å². The highest BCUT2D eigenvalue weighted by Crippen LogP contribution is 1.35. The Kier molecular flexibility index (Phi) is 7.27. The lowest BCUT2D eigenvalue weighted by atomic mass is 11.2. The maximum Gasteiger partial charge on any atom is 0.157 e. The Bertz CT molecular complexity index is 30.6. The first kappa shape index (κ1) is 8.91. The van der Waals surface area contributed by atoms with Gasteiger partial charge < -0.3 is 17.0 Å². The molecule has 0 aliphatic heterocycles. The standard InChI is InChI=1S/C2H7N2.BrH/c1-4(2)3;/h3H,1-2H3;1H/q+1;/p-1. The van der Waals surface area contributed by atoms with E-state index in [1.165, 1.54) is 4.70 Å².